The van der Waals surface area contributed by atoms with Crippen LogP contribution < -0.4 is 9.47 Å². The molecule has 0 unspecified atom stereocenters. The summed E-state index contributed by atoms with van der Waals surface area (Å²) in [5.41, 5.74) is 0.606. The van der Waals surface area contributed by atoms with Crippen LogP contribution in [0.4, 0.5) is 0 Å². The summed E-state index contributed by atoms with van der Waals surface area (Å²) in [5.74, 6) is 1.29. The minimum atomic E-state index is -0.0405. The van der Waals surface area contributed by atoms with Crippen molar-refractivity contribution in [3.63, 3.8) is 0 Å². The summed E-state index contributed by atoms with van der Waals surface area (Å²) in [6.45, 7) is 0. The van der Waals surface area contributed by atoms with Crippen molar-refractivity contribution in [1.82, 2.24) is 4.90 Å². The van der Waals surface area contributed by atoms with Crippen LogP contribution in [-0.4, -0.2) is 38.1 Å². The summed E-state index contributed by atoms with van der Waals surface area (Å²) in [4.78, 5) is 13.3. The van der Waals surface area contributed by atoms with Crippen molar-refractivity contribution in [3.05, 3.63) is 23.8 Å². The molecule has 0 radical (unpaired) electrons. The molecule has 1 aromatic rings. The maximum absolute atomic E-state index is 11.8. The molecule has 0 N–H and O–H groups in total. The lowest BCUT2D eigenvalue weighted by Crippen LogP contribution is -2.21. The van der Waals surface area contributed by atoms with Crippen molar-refractivity contribution in [3.8, 4) is 11.5 Å². The van der Waals surface area contributed by atoms with Crippen molar-refractivity contribution in [1.29, 1.82) is 0 Å². The van der Waals surface area contributed by atoms with E-state index in [9.17, 15) is 4.79 Å². The molecule has 1 aromatic carbocycles. The van der Waals surface area contributed by atoms with Gasteiger partial charge in [0.05, 0.1) is 13.2 Å². The van der Waals surface area contributed by atoms with Crippen molar-refractivity contribution in [2.45, 2.75) is 18.9 Å². The Hall–Kier alpha value is -1.71. The molecule has 0 aromatic heterocycles. The van der Waals surface area contributed by atoms with Crippen LogP contribution in [0.3, 0.4) is 0 Å². The highest BCUT2D eigenvalue weighted by Gasteiger charge is 2.25. The molecule has 1 aliphatic carbocycles. The molecule has 4 heteroatoms. The van der Waals surface area contributed by atoms with Gasteiger partial charge < -0.3 is 14.4 Å². The van der Waals surface area contributed by atoms with Gasteiger partial charge in [0, 0.05) is 19.7 Å². The van der Waals surface area contributed by atoms with E-state index in [2.05, 4.69) is 0 Å². The molecule has 1 saturated carbocycles. The van der Waals surface area contributed by atoms with Gasteiger partial charge in [-0.05, 0) is 31.0 Å². The fourth-order valence-corrected chi connectivity index (χ4v) is 1.52. The zero-order chi connectivity index (χ0) is 12.4. The first-order chi connectivity index (χ1) is 8.11. The van der Waals surface area contributed by atoms with E-state index in [-0.39, 0.29) is 5.91 Å². The van der Waals surface area contributed by atoms with Gasteiger partial charge in [0.2, 0.25) is 0 Å². The summed E-state index contributed by atoms with van der Waals surface area (Å²) >= 11 is 0. The number of carbonyl (C=O) groups excluding carboxylic acids is 1. The highest BCUT2D eigenvalue weighted by Crippen LogP contribution is 2.34. The minimum absolute atomic E-state index is 0.0405. The molecule has 0 saturated heterocycles. The van der Waals surface area contributed by atoms with Crippen LogP contribution in [0, 0.1) is 0 Å². The summed E-state index contributed by atoms with van der Waals surface area (Å²) in [7, 11) is 5.03. The summed E-state index contributed by atoms with van der Waals surface area (Å²) < 4.78 is 10.9. The van der Waals surface area contributed by atoms with Crippen LogP contribution in [0.2, 0.25) is 0 Å². The Morgan fingerprint density at radius 1 is 1.29 bits per heavy atom. The van der Waals surface area contributed by atoms with Crippen molar-refractivity contribution in [2.75, 3.05) is 21.2 Å². The third-order valence-electron chi connectivity index (χ3n) is 2.63. The van der Waals surface area contributed by atoms with Crippen LogP contribution in [0.25, 0.3) is 0 Å². The maximum atomic E-state index is 11.8. The standard InChI is InChI=1S/C13H17NO3/c1-14(2)13(15)9-4-7-11(12(8-9)16-3)17-10-5-6-10/h4,7-8,10H,5-6H2,1-3H3. The van der Waals surface area contributed by atoms with Gasteiger partial charge in [-0.1, -0.05) is 0 Å². The molecule has 1 amide bonds. The van der Waals surface area contributed by atoms with Gasteiger partial charge in [0.15, 0.2) is 11.5 Å². The molecule has 0 atom stereocenters. The number of benzene rings is 1. The Bertz CT molecular complexity index is 425. The van der Waals surface area contributed by atoms with Gasteiger partial charge >= 0.3 is 0 Å². The first-order valence-corrected chi connectivity index (χ1v) is 5.68. The number of rotatable bonds is 4. The molecule has 1 aliphatic rings. The number of carbonyl (C=O) groups is 1. The second-order valence-electron chi connectivity index (χ2n) is 4.38. The minimum Gasteiger partial charge on any atom is -0.493 e. The number of methoxy groups -OCH3 is 1. The Morgan fingerprint density at radius 2 is 2.00 bits per heavy atom. The van der Waals surface area contributed by atoms with Gasteiger partial charge in [-0.3, -0.25) is 4.79 Å². The normalized spacial score (nSPS) is 14.3. The van der Waals surface area contributed by atoms with Gasteiger partial charge in [-0.2, -0.15) is 0 Å². The summed E-state index contributed by atoms with van der Waals surface area (Å²) in [5, 5.41) is 0. The maximum Gasteiger partial charge on any atom is 0.253 e. The third kappa shape index (κ3) is 2.70. The second-order valence-corrected chi connectivity index (χ2v) is 4.38. The topological polar surface area (TPSA) is 38.8 Å². The molecule has 0 heterocycles. The average molecular weight is 235 g/mol. The quantitative estimate of drug-likeness (QED) is 0.800. The van der Waals surface area contributed by atoms with E-state index in [0.29, 0.717) is 23.2 Å². The van der Waals surface area contributed by atoms with Crippen molar-refractivity contribution in [2.24, 2.45) is 0 Å². The largest absolute Gasteiger partial charge is 0.493 e. The Balaban J connectivity index is 2.23. The fraction of sp³-hybridized carbons (Fsp3) is 0.462. The Kier molecular flexibility index (Phi) is 3.22. The van der Waals surface area contributed by atoms with E-state index >= 15 is 0 Å². The zero-order valence-electron chi connectivity index (χ0n) is 10.4. The first kappa shape index (κ1) is 11.8. The molecule has 0 bridgehead atoms. The van der Waals surface area contributed by atoms with Crippen LogP contribution in [0.1, 0.15) is 23.2 Å². The SMILES string of the molecule is COc1cc(C(=O)N(C)C)ccc1OC1CC1. The van der Waals surface area contributed by atoms with Gasteiger partial charge in [0.25, 0.3) is 5.91 Å². The van der Waals surface area contributed by atoms with Crippen LogP contribution in [0.15, 0.2) is 18.2 Å². The van der Waals surface area contributed by atoms with E-state index in [1.807, 2.05) is 0 Å². The van der Waals surface area contributed by atoms with Crippen molar-refractivity contribution >= 4 is 5.91 Å². The van der Waals surface area contributed by atoms with E-state index in [0.717, 1.165) is 12.8 Å². The number of hydrogen-bond acceptors (Lipinski definition) is 3. The number of nitrogens with zero attached hydrogens (tertiary/aromatic N) is 1. The van der Waals surface area contributed by atoms with Crippen LogP contribution >= 0.6 is 0 Å². The summed E-state index contributed by atoms with van der Waals surface area (Å²) in [6.07, 6.45) is 2.52. The highest BCUT2D eigenvalue weighted by atomic mass is 16.5. The molecule has 92 valence electrons. The predicted molar refractivity (Wildman–Crippen MR) is 64.7 cm³/mol. The summed E-state index contributed by atoms with van der Waals surface area (Å²) in [6, 6.07) is 5.29. The molecule has 17 heavy (non-hydrogen) atoms. The number of amides is 1. The lowest BCUT2D eigenvalue weighted by molar-refractivity contribution is 0.0827. The molecule has 0 spiro atoms. The smallest absolute Gasteiger partial charge is 0.253 e. The molecule has 0 aliphatic heterocycles. The third-order valence-corrected chi connectivity index (χ3v) is 2.63. The fourth-order valence-electron chi connectivity index (χ4n) is 1.52. The Morgan fingerprint density at radius 3 is 2.53 bits per heavy atom. The first-order valence-electron chi connectivity index (χ1n) is 5.68. The molecular formula is C13H17NO3. The van der Waals surface area contributed by atoms with E-state index in [4.69, 9.17) is 9.47 Å². The molecule has 4 nitrogen and oxygen atoms in total. The molecule has 1 fully saturated rings. The predicted octanol–water partition coefficient (Wildman–Crippen LogP) is 1.94. The van der Waals surface area contributed by atoms with E-state index < -0.39 is 0 Å². The van der Waals surface area contributed by atoms with E-state index in [1.165, 1.54) is 4.90 Å². The lowest BCUT2D eigenvalue weighted by atomic mass is 10.2. The monoisotopic (exact) mass is 235 g/mol. The Labute approximate surface area is 101 Å². The molecule has 2 rings (SSSR count). The second kappa shape index (κ2) is 4.65. The van der Waals surface area contributed by atoms with Gasteiger partial charge in [-0.15, -0.1) is 0 Å². The van der Waals surface area contributed by atoms with Crippen LogP contribution in [0.5, 0.6) is 11.5 Å². The van der Waals surface area contributed by atoms with Gasteiger partial charge in [0.1, 0.15) is 0 Å². The zero-order valence-corrected chi connectivity index (χ0v) is 10.4. The number of ether oxygens (including phenoxy) is 2. The highest BCUT2D eigenvalue weighted by molar-refractivity contribution is 5.94. The van der Waals surface area contributed by atoms with Crippen LogP contribution in [-0.2, 0) is 0 Å². The van der Waals surface area contributed by atoms with Crippen molar-refractivity contribution < 1.29 is 14.3 Å². The molecular weight excluding hydrogens is 218 g/mol. The lowest BCUT2D eigenvalue weighted by Gasteiger charge is -2.14. The number of hydrogen-bond donors (Lipinski definition) is 0. The van der Waals surface area contributed by atoms with E-state index in [1.54, 1.807) is 39.4 Å². The average Bonchev–Trinajstić information content (AvgIpc) is 3.12. The van der Waals surface area contributed by atoms with Gasteiger partial charge in [-0.25, -0.2) is 0 Å².